The Morgan fingerprint density at radius 3 is 2.20 bits per heavy atom. The topological polar surface area (TPSA) is 135 Å². The number of hydrazone groups is 2. The smallest absolute Gasteiger partial charge is 0.343 e. The van der Waals surface area contributed by atoms with E-state index in [0.29, 0.717) is 17.7 Å². The molecule has 0 saturated carbocycles. The molecule has 10 heteroatoms. The Morgan fingerprint density at radius 2 is 1.57 bits per heavy atom. The van der Waals surface area contributed by atoms with Crippen LogP contribution >= 0.6 is 0 Å². The molecule has 4 aromatic rings. The number of nitrogens with zero attached hydrogens (tertiary/aromatic N) is 3. The molecule has 0 saturated heterocycles. The molecule has 1 aliphatic rings. The molecule has 4 aromatic carbocycles. The van der Waals surface area contributed by atoms with Gasteiger partial charge in [0.25, 0.3) is 11.6 Å². The number of nitrogens with one attached hydrogen (secondary N) is 2. The predicted molar refractivity (Wildman–Crippen MR) is 149 cm³/mol. The Labute approximate surface area is 229 Å². The van der Waals surface area contributed by atoms with E-state index in [-0.39, 0.29) is 17.0 Å². The number of nitro benzene ring substituents is 1. The summed E-state index contributed by atoms with van der Waals surface area (Å²) >= 11 is 0. The average molecular weight is 534 g/mol. The van der Waals surface area contributed by atoms with Gasteiger partial charge in [-0.3, -0.25) is 20.3 Å². The third-order valence-corrected chi connectivity index (χ3v) is 6.37. The average Bonchev–Trinajstić information content (AvgIpc) is 3.45. The van der Waals surface area contributed by atoms with E-state index in [9.17, 15) is 19.7 Å². The summed E-state index contributed by atoms with van der Waals surface area (Å²) in [5.41, 5.74) is 7.90. The van der Waals surface area contributed by atoms with E-state index in [0.717, 1.165) is 11.1 Å². The van der Waals surface area contributed by atoms with Crippen LogP contribution in [-0.4, -0.2) is 28.7 Å². The Morgan fingerprint density at radius 1 is 0.925 bits per heavy atom. The standard InChI is InChI=1S/C30H23N5O5/c36-28(27-19-30(34-32-27,23-9-3-1-4-10-23)24-11-5-2-6-12-24)33-31-20-21-8-7-13-26(18-21)40-29(37)22-14-16-25(17-15-22)35(38)39/h1-18,20,34H,19H2,(H,33,36)/b31-20+. The minimum absolute atomic E-state index is 0.123. The van der Waals surface area contributed by atoms with Crippen LogP contribution in [0.3, 0.4) is 0 Å². The summed E-state index contributed by atoms with van der Waals surface area (Å²) in [6.07, 6.45) is 1.75. The largest absolute Gasteiger partial charge is 0.423 e. The van der Waals surface area contributed by atoms with E-state index < -0.39 is 22.3 Å². The first-order chi connectivity index (χ1) is 19.4. The van der Waals surface area contributed by atoms with Gasteiger partial charge in [-0.2, -0.15) is 10.2 Å². The van der Waals surface area contributed by atoms with E-state index in [1.54, 1.807) is 24.3 Å². The molecule has 0 spiro atoms. The van der Waals surface area contributed by atoms with Gasteiger partial charge in [0.05, 0.1) is 16.7 Å². The second-order valence-corrected chi connectivity index (χ2v) is 8.95. The van der Waals surface area contributed by atoms with E-state index >= 15 is 0 Å². The van der Waals surface area contributed by atoms with Gasteiger partial charge in [-0.1, -0.05) is 72.8 Å². The maximum Gasteiger partial charge on any atom is 0.343 e. The van der Waals surface area contributed by atoms with E-state index in [4.69, 9.17) is 4.74 Å². The number of nitro groups is 1. The van der Waals surface area contributed by atoms with Gasteiger partial charge >= 0.3 is 5.97 Å². The summed E-state index contributed by atoms with van der Waals surface area (Å²) in [5, 5.41) is 19.2. The van der Waals surface area contributed by atoms with Crippen LogP contribution in [0.25, 0.3) is 0 Å². The molecule has 0 radical (unpaired) electrons. The van der Waals surface area contributed by atoms with Gasteiger partial charge in [0, 0.05) is 18.6 Å². The summed E-state index contributed by atoms with van der Waals surface area (Å²) in [6, 6.07) is 31.3. The van der Waals surface area contributed by atoms with Gasteiger partial charge in [0.15, 0.2) is 0 Å². The Hall–Kier alpha value is -5.64. The first-order valence-corrected chi connectivity index (χ1v) is 12.3. The van der Waals surface area contributed by atoms with Crippen LogP contribution in [0.2, 0.25) is 0 Å². The Kier molecular flexibility index (Phi) is 7.41. The molecule has 0 atom stereocenters. The molecule has 1 aliphatic heterocycles. The van der Waals surface area contributed by atoms with E-state index in [1.165, 1.54) is 30.5 Å². The number of rotatable bonds is 8. The van der Waals surface area contributed by atoms with Crippen molar-refractivity contribution in [2.45, 2.75) is 12.0 Å². The highest BCUT2D eigenvalue weighted by molar-refractivity contribution is 6.39. The van der Waals surface area contributed by atoms with Gasteiger partial charge in [-0.05, 0) is 41.0 Å². The fourth-order valence-electron chi connectivity index (χ4n) is 4.34. The van der Waals surface area contributed by atoms with Crippen LogP contribution in [0.1, 0.15) is 33.5 Å². The van der Waals surface area contributed by atoms with Crippen molar-refractivity contribution in [2.24, 2.45) is 10.2 Å². The SMILES string of the molecule is O=C(N/N=C/c1cccc(OC(=O)c2ccc([N+](=O)[O-])cc2)c1)C1=NNC(c2ccccc2)(c2ccccc2)C1. The molecule has 0 unspecified atom stereocenters. The second-order valence-electron chi connectivity index (χ2n) is 8.95. The number of ether oxygens (including phenoxy) is 1. The lowest BCUT2D eigenvalue weighted by Crippen LogP contribution is -2.38. The molecule has 0 aliphatic carbocycles. The van der Waals surface area contributed by atoms with Crippen molar-refractivity contribution in [3.05, 3.63) is 142 Å². The molecule has 198 valence electrons. The third-order valence-electron chi connectivity index (χ3n) is 6.37. The minimum atomic E-state index is -0.680. The van der Waals surface area contributed by atoms with Crippen molar-refractivity contribution in [1.29, 1.82) is 0 Å². The zero-order valence-electron chi connectivity index (χ0n) is 21.1. The Bertz CT molecular complexity index is 1560. The molecule has 5 rings (SSSR count). The van der Waals surface area contributed by atoms with Crippen LogP contribution in [-0.2, 0) is 10.3 Å². The van der Waals surface area contributed by atoms with Gasteiger partial charge in [-0.15, -0.1) is 0 Å². The number of esters is 1. The number of carbonyl (C=O) groups is 2. The number of amides is 1. The number of carbonyl (C=O) groups excluding carboxylic acids is 2. The summed E-state index contributed by atoms with van der Waals surface area (Å²) in [5.74, 6) is -0.860. The lowest BCUT2D eigenvalue weighted by Gasteiger charge is -2.30. The fraction of sp³-hybridized carbons (Fsp3) is 0.0667. The van der Waals surface area contributed by atoms with Crippen molar-refractivity contribution in [2.75, 3.05) is 0 Å². The van der Waals surface area contributed by atoms with Gasteiger partial charge in [0.1, 0.15) is 17.0 Å². The quantitative estimate of drug-likeness (QED) is 0.112. The van der Waals surface area contributed by atoms with Gasteiger partial charge < -0.3 is 4.74 Å². The maximum absolute atomic E-state index is 12.9. The van der Waals surface area contributed by atoms with Crippen LogP contribution < -0.4 is 15.6 Å². The molecular weight excluding hydrogens is 510 g/mol. The van der Waals surface area contributed by atoms with Gasteiger partial charge in [0.2, 0.25) is 0 Å². The second kappa shape index (κ2) is 11.4. The molecule has 0 bridgehead atoms. The highest BCUT2D eigenvalue weighted by Crippen LogP contribution is 2.36. The minimum Gasteiger partial charge on any atom is -0.423 e. The Balaban J connectivity index is 1.23. The number of benzene rings is 4. The number of hydrogen-bond donors (Lipinski definition) is 2. The highest BCUT2D eigenvalue weighted by atomic mass is 16.6. The van der Waals surface area contributed by atoms with Crippen molar-refractivity contribution < 1.29 is 19.2 Å². The van der Waals surface area contributed by atoms with E-state index in [2.05, 4.69) is 21.1 Å². The van der Waals surface area contributed by atoms with Crippen LogP contribution in [0.5, 0.6) is 5.75 Å². The highest BCUT2D eigenvalue weighted by Gasteiger charge is 2.41. The molecule has 2 N–H and O–H groups in total. The molecule has 0 aromatic heterocycles. The molecule has 1 amide bonds. The van der Waals surface area contributed by atoms with Crippen molar-refractivity contribution in [3.8, 4) is 5.75 Å². The van der Waals surface area contributed by atoms with Crippen LogP contribution in [0, 0.1) is 10.1 Å². The summed E-state index contributed by atoms with van der Waals surface area (Å²) < 4.78 is 5.37. The van der Waals surface area contributed by atoms with Crippen LogP contribution in [0.4, 0.5) is 5.69 Å². The monoisotopic (exact) mass is 533 g/mol. The number of hydrogen-bond acceptors (Lipinski definition) is 8. The van der Waals surface area contributed by atoms with Crippen molar-refractivity contribution in [1.82, 2.24) is 10.9 Å². The summed E-state index contributed by atoms with van der Waals surface area (Å²) in [4.78, 5) is 35.6. The molecule has 0 fully saturated rings. The lowest BCUT2D eigenvalue weighted by molar-refractivity contribution is -0.384. The number of non-ortho nitro benzene ring substituents is 1. The fourth-order valence-corrected chi connectivity index (χ4v) is 4.34. The lowest BCUT2D eigenvalue weighted by atomic mass is 9.80. The first-order valence-electron chi connectivity index (χ1n) is 12.3. The van der Waals surface area contributed by atoms with Crippen molar-refractivity contribution in [3.63, 3.8) is 0 Å². The molecular formula is C30H23N5O5. The van der Waals surface area contributed by atoms with Crippen LogP contribution in [0.15, 0.2) is 119 Å². The normalized spacial score (nSPS) is 13.8. The third kappa shape index (κ3) is 5.60. The molecule has 10 nitrogen and oxygen atoms in total. The summed E-state index contributed by atoms with van der Waals surface area (Å²) in [7, 11) is 0. The molecule has 40 heavy (non-hydrogen) atoms. The molecule has 1 heterocycles. The zero-order valence-corrected chi connectivity index (χ0v) is 21.1. The first kappa shape index (κ1) is 26.0. The zero-order chi connectivity index (χ0) is 28.0. The maximum atomic E-state index is 12.9. The predicted octanol–water partition coefficient (Wildman–Crippen LogP) is 4.56. The summed E-state index contributed by atoms with van der Waals surface area (Å²) in [6.45, 7) is 0. The van der Waals surface area contributed by atoms with E-state index in [1.807, 2.05) is 60.7 Å². The van der Waals surface area contributed by atoms with Crippen molar-refractivity contribution >= 4 is 29.5 Å². The van der Waals surface area contributed by atoms with Gasteiger partial charge in [-0.25, -0.2) is 10.2 Å².